The Labute approximate surface area is 126 Å². The predicted molar refractivity (Wildman–Crippen MR) is 86.2 cm³/mol. The molecule has 0 aliphatic heterocycles. The molecule has 4 heteroatoms. The fourth-order valence-electron chi connectivity index (χ4n) is 2.38. The lowest BCUT2D eigenvalue weighted by molar-refractivity contribution is 0.645. The van der Waals surface area contributed by atoms with Crippen molar-refractivity contribution in [2.45, 2.75) is 13.0 Å². The molecule has 1 N–H and O–H groups in total. The quantitative estimate of drug-likeness (QED) is 0.785. The van der Waals surface area contributed by atoms with Crippen molar-refractivity contribution in [1.82, 2.24) is 15.1 Å². The number of halogens is 1. The Bertz CT molecular complexity index is 748. The van der Waals surface area contributed by atoms with Gasteiger partial charge in [-0.2, -0.15) is 5.10 Å². The van der Waals surface area contributed by atoms with E-state index in [0.29, 0.717) is 0 Å². The summed E-state index contributed by atoms with van der Waals surface area (Å²) in [5.74, 6) is 0. The Balaban J connectivity index is 2.23. The normalized spacial score (nSPS) is 12.8. The fourth-order valence-corrected chi connectivity index (χ4v) is 2.76. The summed E-state index contributed by atoms with van der Waals surface area (Å²) in [6.07, 6.45) is 1.91. The van der Waals surface area contributed by atoms with Crippen LogP contribution in [0.3, 0.4) is 0 Å². The van der Waals surface area contributed by atoms with E-state index in [2.05, 4.69) is 63.6 Å². The van der Waals surface area contributed by atoms with Crippen molar-refractivity contribution in [3.63, 3.8) is 0 Å². The largest absolute Gasteiger partial charge is 0.313 e. The molecule has 1 heterocycles. The second-order valence-corrected chi connectivity index (χ2v) is 5.74. The third-order valence-corrected chi connectivity index (χ3v) is 4.09. The molecule has 2 aromatic carbocycles. The van der Waals surface area contributed by atoms with Crippen LogP contribution in [0.4, 0.5) is 0 Å². The Morgan fingerprint density at radius 1 is 1.20 bits per heavy atom. The van der Waals surface area contributed by atoms with Crippen LogP contribution in [0, 0.1) is 0 Å². The van der Waals surface area contributed by atoms with Crippen LogP contribution >= 0.6 is 15.9 Å². The monoisotopic (exact) mass is 329 g/mol. The smallest absolute Gasteiger partial charge is 0.0741 e. The average molecular weight is 330 g/mol. The first-order chi connectivity index (χ1) is 9.70. The molecule has 1 aromatic heterocycles. The van der Waals surface area contributed by atoms with Crippen molar-refractivity contribution in [3.05, 3.63) is 58.7 Å². The SMILES string of the molecule is CNC(C)c1cc(Br)ccc1-n1ncc2ccccc21. The summed E-state index contributed by atoms with van der Waals surface area (Å²) in [4.78, 5) is 0. The van der Waals surface area contributed by atoms with Crippen LogP contribution in [-0.2, 0) is 0 Å². The highest BCUT2D eigenvalue weighted by atomic mass is 79.9. The third-order valence-electron chi connectivity index (χ3n) is 3.59. The lowest BCUT2D eigenvalue weighted by Crippen LogP contribution is -2.15. The van der Waals surface area contributed by atoms with Crippen molar-refractivity contribution in [2.24, 2.45) is 0 Å². The summed E-state index contributed by atoms with van der Waals surface area (Å²) in [5, 5.41) is 8.99. The van der Waals surface area contributed by atoms with Crippen LogP contribution in [0.1, 0.15) is 18.5 Å². The van der Waals surface area contributed by atoms with Gasteiger partial charge in [0.15, 0.2) is 0 Å². The number of aromatic nitrogens is 2. The summed E-state index contributed by atoms with van der Waals surface area (Å²) in [6, 6.07) is 14.8. The highest BCUT2D eigenvalue weighted by Gasteiger charge is 2.13. The molecular weight excluding hydrogens is 314 g/mol. The summed E-state index contributed by atoms with van der Waals surface area (Å²) in [7, 11) is 1.97. The lowest BCUT2D eigenvalue weighted by Gasteiger charge is -2.17. The molecule has 1 unspecified atom stereocenters. The van der Waals surface area contributed by atoms with Gasteiger partial charge >= 0.3 is 0 Å². The van der Waals surface area contributed by atoms with E-state index in [4.69, 9.17) is 0 Å². The lowest BCUT2D eigenvalue weighted by atomic mass is 10.1. The van der Waals surface area contributed by atoms with Crippen molar-refractivity contribution < 1.29 is 0 Å². The first-order valence-electron chi connectivity index (χ1n) is 6.60. The molecule has 1 atom stereocenters. The molecule has 0 radical (unpaired) electrons. The third kappa shape index (κ3) is 2.25. The Morgan fingerprint density at radius 3 is 2.80 bits per heavy atom. The van der Waals surface area contributed by atoms with Gasteiger partial charge in [0.25, 0.3) is 0 Å². The topological polar surface area (TPSA) is 29.9 Å². The maximum Gasteiger partial charge on any atom is 0.0741 e. The molecule has 3 rings (SSSR count). The van der Waals surface area contributed by atoms with E-state index < -0.39 is 0 Å². The molecule has 0 bridgehead atoms. The van der Waals surface area contributed by atoms with Crippen molar-refractivity contribution >= 4 is 26.8 Å². The molecule has 3 aromatic rings. The van der Waals surface area contributed by atoms with Gasteiger partial charge in [0.1, 0.15) is 0 Å². The number of nitrogens with zero attached hydrogens (tertiary/aromatic N) is 2. The van der Waals surface area contributed by atoms with Gasteiger partial charge in [-0.25, -0.2) is 4.68 Å². The van der Waals surface area contributed by atoms with Crippen LogP contribution in [0.5, 0.6) is 0 Å². The maximum absolute atomic E-state index is 4.55. The molecule has 0 aliphatic carbocycles. The molecule has 0 amide bonds. The minimum Gasteiger partial charge on any atom is -0.313 e. The van der Waals surface area contributed by atoms with E-state index >= 15 is 0 Å². The van der Waals surface area contributed by atoms with Gasteiger partial charge in [-0.1, -0.05) is 34.1 Å². The van der Waals surface area contributed by atoms with Crippen molar-refractivity contribution in [1.29, 1.82) is 0 Å². The van der Waals surface area contributed by atoms with Gasteiger partial charge in [-0.05, 0) is 43.8 Å². The minimum absolute atomic E-state index is 0.255. The number of benzene rings is 2. The van der Waals surface area contributed by atoms with E-state index in [1.165, 1.54) is 5.56 Å². The Hall–Kier alpha value is -1.65. The van der Waals surface area contributed by atoms with E-state index in [0.717, 1.165) is 21.1 Å². The van der Waals surface area contributed by atoms with Crippen LogP contribution < -0.4 is 5.32 Å². The second kappa shape index (κ2) is 5.38. The number of nitrogens with one attached hydrogen (secondary N) is 1. The van der Waals surface area contributed by atoms with E-state index in [-0.39, 0.29) is 6.04 Å². The summed E-state index contributed by atoms with van der Waals surface area (Å²) >= 11 is 3.55. The number of fused-ring (bicyclic) bond motifs is 1. The van der Waals surface area contributed by atoms with Gasteiger partial charge in [0.05, 0.1) is 17.4 Å². The fraction of sp³-hybridized carbons (Fsp3) is 0.188. The maximum atomic E-state index is 4.55. The van der Waals surface area contributed by atoms with Gasteiger partial charge in [-0.15, -0.1) is 0 Å². The molecule has 0 spiro atoms. The highest BCUT2D eigenvalue weighted by molar-refractivity contribution is 9.10. The highest BCUT2D eigenvalue weighted by Crippen LogP contribution is 2.27. The molecule has 0 saturated carbocycles. The Morgan fingerprint density at radius 2 is 2.00 bits per heavy atom. The van der Waals surface area contributed by atoms with Crippen LogP contribution in [0.25, 0.3) is 16.6 Å². The standard InChI is InChI=1S/C16H16BrN3/c1-11(18-2)14-9-13(17)7-8-16(14)20-15-6-4-3-5-12(15)10-19-20/h3-11,18H,1-2H3. The number of para-hydroxylation sites is 1. The first-order valence-corrected chi connectivity index (χ1v) is 7.40. The van der Waals surface area contributed by atoms with Crippen LogP contribution in [0.2, 0.25) is 0 Å². The van der Waals surface area contributed by atoms with Gasteiger partial charge in [0.2, 0.25) is 0 Å². The second-order valence-electron chi connectivity index (χ2n) is 4.83. The van der Waals surface area contributed by atoms with Crippen molar-refractivity contribution in [2.75, 3.05) is 7.05 Å². The molecule has 0 fully saturated rings. The van der Waals surface area contributed by atoms with Gasteiger partial charge < -0.3 is 5.32 Å². The molecule has 102 valence electrons. The zero-order valence-electron chi connectivity index (χ0n) is 11.5. The Kier molecular flexibility index (Phi) is 3.59. The predicted octanol–water partition coefficient (Wildman–Crippen LogP) is 4.07. The summed E-state index contributed by atoms with van der Waals surface area (Å²) < 4.78 is 3.08. The van der Waals surface area contributed by atoms with Gasteiger partial charge in [0, 0.05) is 15.9 Å². The first kappa shape index (κ1) is 13.3. The summed E-state index contributed by atoms with van der Waals surface area (Å²) in [6.45, 7) is 2.15. The number of rotatable bonds is 3. The number of hydrogen-bond donors (Lipinski definition) is 1. The molecule has 0 saturated heterocycles. The molecule has 3 nitrogen and oxygen atoms in total. The van der Waals surface area contributed by atoms with Crippen molar-refractivity contribution in [3.8, 4) is 5.69 Å². The van der Waals surface area contributed by atoms with E-state index in [1.54, 1.807) is 0 Å². The minimum atomic E-state index is 0.255. The zero-order chi connectivity index (χ0) is 14.1. The molecular formula is C16H16BrN3. The summed E-state index contributed by atoms with van der Waals surface area (Å²) in [5.41, 5.74) is 3.45. The van der Waals surface area contributed by atoms with Gasteiger partial charge in [-0.3, -0.25) is 0 Å². The number of hydrogen-bond acceptors (Lipinski definition) is 2. The van der Waals surface area contributed by atoms with Crippen LogP contribution in [0.15, 0.2) is 53.1 Å². The van der Waals surface area contributed by atoms with E-state index in [9.17, 15) is 0 Å². The molecule has 20 heavy (non-hydrogen) atoms. The van der Waals surface area contributed by atoms with E-state index in [1.807, 2.05) is 30.1 Å². The zero-order valence-corrected chi connectivity index (χ0v) is 13.1. The van der Waals surface area contributed by atoms with Crippen LogP contribution in [-0.4, -0.2) is 16.8 Å². The average Bonchev–Trinajstić information content (AvgIpc) is 2.90. The molecule has 0 aliphatic rings.